The minimum Gasteiger partial charge on any atom is -0.459 e. The molecule has 1 aliphatic carbocycles. The fraction of sp³-hybridized carbons (Fsp3) is 0.526. The Morgan fingerprint density at radius 2 is 1.96 bits per heavy atom. The van der Waals surface area contributed by atoms with E-state index < -0.39 is 0 Å². The first kappa shape index (κ1) is 15.5. The fourth-order valence-electron chi connectivity index (χ4n) is 3.56. The van der Waals surface area contributed by atoms with E-state index in [0.29, 0.717) is 0 Å². The summed E-state index contributed by atoms with van der Waals surface area (Å²) in [6.45, 7) is 4.16. The molecule has 2 fully saturated rings. The predicted molar refractivity (Wildman–Crippen MR) is 93.9 cm³/mol. The van der Waals surface area contributed by atoms with Gasteiger partial charge in [-0.3, -0.25) is 0 Å². The molecular formula is C19H25N3O2. The maximum Gasteiger partial charge on any atom is 0.315 e. The van der Waals surface area contributed by atoms with E-state index in [1.165, 1.54) is 12.8 Å². The van der Waals surface area contributed by atoms with Gasteiger partial charge in [0.15, 0.2) is 0 Å². The zero-order chi connectivity index (χ0) is 16.5. The van der Waals surface area contributed by atoms with Crippen molar-refractivity contribution in [3.05, 3.63) is 36.1 Å². The summed E-state index contributed by atoms with van der Waals surface area (Å²) in [6.07, 6.45) is 4.80. The molecule has 2 N–H and O–H groups in total. The van der Waals surface area contributed by atoms with Crippen molar-refractivity contribution in [2.75, 3.05) is 13.1 Å². The summed E-state index contributed by atoms with van der Waals surface area (Å²) in [6, 6.07) is 10.7. The third-order valence-electron chi connectivity index (χ3n) is 5.15. The lowest BCUT2D eigenvalue weighted by Gasteiger charge is -2.32. The SMILES string of the molecule is CC(NC(=O)NC1CCN(C2CC2)CC1)c1cc2ccccc2o1. The first-order chi connectivity index (χ1) is 11.7. The third kappa shape index (κ3) is 3.41. The van der Waals surface area contributed by atoms with Gasteiger partial charge in [-0.15, -0.1) is 0 Å². The second kappa shape index (κ2) is 6.48. The number of para-hydroxylation sites is 1. The largest absolute Gasteiger partial charge is 0.459 e. The summed E-state index contributed by atoms with van der Waals surface area (Å²) in [5.41, 5.74) is 0.856. The van der Waals surface area contributed by atoms with Crippen molar-refractivity contribution >= 4 is 17.0 Å². The van der Waals surface area contributed by atoms with Gasteiger partial charge in [-0.05, 0) is 44.7 Å². The van der Waals surface area contributed by atoms with Crippen molar-refractivity contribution in [3.8, 4) is 0 Å². The highest BCUT2D eigenvalue weighted by Crippen LogP contribution is 2.29. The van der Waals surface area contributed by atoms with Crippen molar-refractivity contribution in [1.29, 1.82) is 0 Å². The molecule has 0 radical (unpaired) electrons. The highest BCUT2D eigenvalue weighted by atomic mass is 16.3. The van der Waals surface area contributed by atoms with Crippen molar-refractivity contribution < 1.29 is 9.21 Å². The molecule has 2 aromatic rings. The summed E-state index contributed by atoms with van der Waals surface area (Å²) < 4.78 is 5.82. The number of likely N-dealkylation sites (tertiary alicyclic amines) is 1. The Kier molecular flexibility index (Phi) is 4.19. The lowest BCUT2D eigenvalue weighted by molar-refractivity contribution is 0.185. The number of piperidine rings is 1. The first-order valence-electron chi connectivity index (χ1n) is 8.98. The number of urea groups is 1. The van der Waals surface area contributed by atoms with Crippen LogP contribution >= 0.6 is 0 Å². The summed E-state index contributed by atoms with van der Waals surface area (Å²) in [5.74, 6) is 0.787. The highest BCUT2D eigenvalue weighted by molar-refractivity contribution is 5.78. The topological polar surface area (TPSA) is 57.5 Å². The Hall–Kier alpha value is -2.01. The van der Waals surface area contributed by atoms with Gasteiger partial charge in [0.2, 0.25) is 0 Å². The average Bonchev–Trinajstić information content (AvgIpc) is 3.33. The highest BCUT2D eigenvalue weighted by Gasteiger charge is 2.32. The van der Waals surface area contributed by atoms with Crippen LogP contribution in [-0.2, 0) is 0 Å². The second-order valence-corrected chi connectivity index (χ2v) is 7.07. The van der Waals surface area contributed by atoms with Crippen molar-refractivity contribution in [3.63, 3.8) is 0 Å². The lowest BCUT2D eigenvalue weighted by Crippen LogP contribution is -2.48. The standard InChI is InChI=1S/C19H25N3O2/c1-13(18-12-14-4-2-3-5-17(14)24-18)20-19(23)21-15-8-10-22(11-9-15)16-6-7-16/h2-5,12-13,15-16H,6-11H2,1H3,(H2,20,21,23). The summed E-state index contributed by atoms with van der Waals surface area (Å²) in [7, 11) is 0. The van der Waals surface area contributed by atoms with Gasteiger partial charge in [0.05, 0.1) is 6.04 Å². The van der Waals surface area contributed by atoms with E-state index in [9.17, 15) is 4.79 Å². The minimum absolute atomic E-state index is 0.104. The van der Waals surface area contributed by atoms with Crippen LogP contribution in [0.1, 0.15) is 44.4 Å². The van der Waals surface area contributed by atoms with E-state index in [4.69, 9.17) is 4.42 Å². The normalized spacial score (nSPS) is 20.9. The molecule has 128 valence electrons. The molecule has 2 amide bonds. The molecule has 4 rings (SSSR count). The molecule has 1 aliphatic heterocycles. The lowest BCUT2D eigenvalue weighted by atomic mass is 10.1. The Morgan fingerprint density at radius 1 is 1.21 bits per heavy atom. The smallest absolute Gasteiger partial charge is 0.315 e. The number of nitrogens with one attached hydrogen (secondary N) is 2. The summed E-state index contributed by atoms with van der Waals surface area (Å²) in [4.78, 5) is 14.8. The van der Waals surface area contributed by atoms with Gasteiger partial charge in [-0.25, -0.2) is 4.79 Å². The summed E-state index contributed by atoms with van der Waals surface area (Å²) in [5, 5.41) is 7.17. The van der Waals surface area contributed by atoms with Gasteiger partial charge in [0, 0.05) is 30.6 Å². The number of furan rings is 1. The van der Waals surface area contributed by atoms with Crippen molar-refractivity contribution in [2.45, 2.75) is 50.7 Å². The Labute approximate surface area is 142 Å². The van der Waals surface area contributed by atoms with Gasteiger partial charge in [0.25, 0.3) is 0 Å². The molecule has 1 saturated carbocycles. The maximum atomic E-state index is 12.3. The van der Waals surface area contributed by atoms with E-state index in [1.54, 1.807) is 0 Å². The molecule has 1 saturated heterocycles. The van der Waals surface area contributed by atoms with E-state index in [1.807, 2.05) is 37.3 Å². The molecule has 1 atom stereocenters. The van der Waals surface area contributed by atoms with Crippen molar-refractivity contribution in [2.24, 2.45) is 0 Å². The van der Waals surface area contributed by atoms with Crippen LogP contribution in [0.25, 0.3) is 11.0 Å². The molecule has 0 spiro atoms. The van der Waals surface area contributed by atoms with Crippen molar-refractivity contribution in [1.82, 2.24) is 15.5 Å². The van der Waals surface area contributed by atoms with Crippen LogP contribution in [0.2, 0.25) is 0 Å². The van der Waals surface area contributed by atoms with E-state index in [2.05, 4.69) is 15.5 Å². The molecule has 1 unspecified atom stereocenters. The zero-order valence-corrected chi connectivity index (χ0v) is 14.1. The number of benzene rings is 1. The molecule has 5 heteroatoms. The molecule has 1 aromatic carbocycles. The zero-order valence-electron chi connectivity index (χ0n) is 14.1. The van der Waals surface area contributed by atoms with Crippen LogP contribution in [0.3, 0.4) is 0 Å². The number of amides is 2. The minimum atomic E-state index is -0.149. The first-order valence-corrected chi connectivity index (χ1v) is 8.98. The molecular weight excluding hydrogens is 302 g/mol. The molecule has 0 bridgehead atoms. The predicted octanol–water partition coefficient (Wildman–Crippen LogP) is 3.42. The van der Waals surface area contributed by atoms with Crippen LogP contribution < -0.4 is 10.6 Å². The number of hydrogen-bond donors (Lipinski definition) is 2. The number of carbonyl (C=O) groups is 1. The Bertz CT molecular complexity index is 681. The third-order valence-corrected chi connectivity index (χ3v) is 5.15. The van der Waals surface area contributed by atoms with E-state index >= 15 is 0 Å². The van der Waals surface area contributed by atoms with Gasteiger partial charge < -0.3 is 20.0 Å². The number of rotatable bonds is 4. The van der Waals surface area contributed by atoms with Crippen LogP contribution in [-0.4, -0.2) is 36.1 Å². The number of hydrogen-bond acceptors (Lipinski definition) is 3. The molecule has 2 aliphatic rings. The number of carbonyl (C=O) groups excluding carboxylic acids is 1. The van der Waals surface area contributed by atoms with Gasteiger partial charge >= 0.3 is 6.03 Å². The van der Waals surface area contributed by atoms with Crippen LogP contribution in [0, 0.1) is 0 Å². The monoisotopic (exact) mass is 327 g/mol. The number of fused-ring (bicyclic) bond motifs is 1. The second-order valence-electron chi connectivity index (χ2n) is 7.07. The van der Waals surface area contributed by atoms with Crippen LogP contribution in [0.5, 0.6) is 0 Å². The van der Waals surface area contributed by atoms with Gasteiger partial charge in [-0.2, -0.15) is 0 Å². The van der Waals surface area contributed by atoms with Crippen LogP contribution in [0.15, 0.2) is 34.7 Å². The van der Waals surface area contributed by atoms with E-state index in [-0.39, 0.29) is 18.1 Å². The van der Waals surface area contributed by atoms with Gasteiger partial charge in [-0.1, -0.05) is 18.2 Å². The summed E-state index contributed by atoms with van der Waals surface area (Å²) >= 11 is 0. The molecule has 5 nitrogen and oxygen atoms in total. The molecule has 1 aromatic heterocycles. The van der Waals surface area contributed by atoms with Gasteiger partial charge in [0.1, 0.15) is 11.3 Å². The Morgan fingerprint density at radius 3 is 2.67 bits per heavy atom. The quantitative estimate of drug-likeness (QED) is 0.904. The van der Waals surface area contributed by atoms with Crippen LogP contribution in [0.4, 0.5) is 4.79 Å². The fourth-order valence-corrected chi connectivity index (χ4v) is 3.56. The number of nitrogens with zero attached hydrogens (tertiary/aromatic N) is 1. The van der Waals surface area contributed by atoms with E-state index in [0.717, 1.165) is 48.7 Å². The average molecular weight is 327 g/mol. The maximum absolute atomic E-state index is 12.3. The molecule has 2 heterocycles. The Balaban J connectivity index is 1.29. The molecule has 24 heavy (non-hydrogen) atoms.